The molecular weight excluding hydrogens is 215 g/mol. The molecule has 0 saturated heterocycles. The van der Waals surface area contributed by atoms with Crippen molar-refractivity contribution in [2.45, 2.75) is 0 Å². The minimum Gasteiger partial charge on any atom is -0.207 e. The van der Waals surface area contributed by atoms with Crippen LogP contribution in [0.15, 0.2) is 36.4 Å². The van der Waals surface area contributed by atoms with E-state index in [0.29, 0.717) is 15.6 Å². The molecular formula is C12H6F3N. The quantitative estimate of drug-likeness (QED) is 0.544. The topological polar surface area (TPSA) is 4.93 Å². The summed E-state index contributed by atoms with van der Waals surface area (Å²) in [5, 5.41) is 0.744. The number of hydrogen-bond acceptors (Lipinski definition) is 0. The van der Waals surface area contributed by atoms with Crippen molar-refractivity contribution in [3.05, 3.63) is 48.0 Å². The van der Waals surface area contributed by atoms with Gasteiger partial charge >= 0.3 is 0 Å². The van der Waals surface area contributed by atoms with Crippen LogP contribution in [0.3, 0.4) is 0 Å². The van der Waals surface area contributed by atoms with E-state index in [9.17, 15) is 13.3 Å². The molecule has 0 saturated carbocycles. The molecule has 0 unspecified atom stereocenters. The molecule has 0 aliphatic rings. The van der Waals surface area contributed by atoms with Crippen molar-refractivity contribution in [3.63, 3.8) is 0 Å². The third kappa shape index (κ3) is 1.13. The van der Waals surface area contributed by atoms with Gasteiger partial charge in [0.15, 0.2) is 0 Å². The molecule has 0 bridgehead atoms. The lowest BCUT2D eigenvalue weighted by Crippen LogP contribution is -1.80. The molecule has 0 atom stereocenters. The van der Waals surface area contributed by atoms with Gasteiger partial charge in [-0.05, 0) is 36.4 Å². The van der Waals surface area contributed by atoms with Crippen LogP contribution in [-0.2, 0) is 0 Å². The molecule has 0 aliphatic heterocycles. The smallest absolute Gasteiger partial charge is 0.123 e. The van der Waals surface area contributed by atoms with Gasteiger partial charge < -0.3 is 0 Å². The summed E-state index contributed by atoms with van der Waals surface area (Å²) in [6.07, 6.45) is 0. The van der Waals surface area contributed by atoms with E-state index >= 15 is 0 Å². The molecule has 16 heavy (non-hydrogen) atoms. The van der Waals surface area contributed by atoms with Gasteiger partial charge in [-0.15, -0.1) is 0 Å². The maximum Gasteiger partial charge on any atom is 0.123 e. The fourth-order valence-electron chi connectivity index (χ4n) is 1.92. The monoisotopic (exact) mass is 221 g/mol. The molecule has 80 valence electrons. The van der Waals surface area contributed by atoms with E-state index in [1.165, 1.54) is 36.4 Å². The van der Waals surface area contributed by atoms with Crippen LogP contribution in [-0.4, -0.2) is 4.79 Å². The van der Waals surface area contributed by atoms with Crippen molar-refractivity contribution in [2.24, 2.45) is 0 Å². The zero-order valence-corrected chi connectivity index (χ0v) is 8.05. The maximum absolute atomic E-state index is 13.8. The molecule has 0 radical (unpaired) electrons. The van der Waals surface area contributed by atoms with Gasteiger partial charge in [-0.2, -0.15) is 4.79 Å². The second-order valence-electron chi connectivity index (χ2n) is 3.60. The maximum atomic E-state index is 13.8. The van der Waals surface area contributed by atoms with E-state index < -0.39 is 11.6 Å². The fourth-order valence-corrected chi connectivity index (χ4v) is 1.92. The second kappa shape index (κ2) is 3.01. The highest BCUT2D eigenvalue weighted by Gasteiger charge is 2.11. The molecule has 0 fully saturated rings. The van der Waals surface area contributed by atoms with Gasteiger partial charge in [0.25, 0.3) is 0 Å². The van der Waals surface area contributed by atoms with E-state index in [1.807, 2.05) is 0 Å². The average Bonchev–Trinajstić information content (AvgIpc) is 2.52. The number of rotatable bonds is 0. The number of hydrogen-bond donors (Lipinski definition) is 0. The number of benzene rings is 2. The van der Waals surface area contributed by atoms with Crippen LogP contribution >= 0.6 is 0 Å². The summed E-state index contributed by atoms with van der Waals surface area (Å²) in [7, 11) is 0. The second-order valence-corrected chi connectivity index (χ2v) is 3.60. The van der Waals surface area contributed by atoms with E-state index in [4.69, 9.17) is 0 Å². The Morgan fingerprint density at radius 1 is 0.750 bits per heavy atom. The lowest BCUT2D eigenvalue weighted by molar-refractivity contribution is 0.405. The predicted octanol–water partition coefficient (Wildman–Crippen LogP) is 3.81. The summed E-state index contributed by atoms with van der Waals surface area (Å²) in [4.78, 5) is 0.434. The Morgan fingerprint density at radius 2 is 1.19 bits per heavy atom. The first-order chi connectivity index (χ1) is 7.66. The molecule has 1 aromatic heterocycles. The van der Waals surface area contributed by atoms with Crippen molar-refractivity contribution in [1.82, 2.24) is 4.79 Å². The van der Waals surface area contributed by atoms with Gasteiger partial charge in [-0.25, -0.2) is 8.78 Å². The van der Waals surface area contributed by atoms with Crippen molar-refractivity contribution >= 4 is 21.8 Å². The molecule has 1 nitrogen and oxygen atoms in total. The standard InChI is InChI=1S/C12H6F3N/c13-7-1-3-11-9(5-7)10-6-8(14)2-4-12(10)16(11)15/h1-6H. The highest BCUT2D eigenvalue weighted by atomic mass is 19.2. The van der Waals surface area contributed by atoms with Gasteiger partial charge in [0.05, 0.1) is 11.0 Å². The first-order valence-corrected chi connectivity index (χ1v) is 4.72. The van der Waals surface area contributed by atoms with Crippen LogP contribution in [0.2, 0.25) is 0 Å². The van der Waals surface area contributed by atoms with Gasteiger partial charge in [0, 0.05) is 10.8 Å². The van der Waals surface area contributed by atoms with Crippen LogP contribution in [0.25, 0.3) is 21.8 Å². The number of fused-ring (bicyclic) bond motifs is 3. The summed E-state index contributed by atoms with van der Waals surface area (Å²) >= 11 is 0. The summed E-state index contributed by atoms with van der Waals surface area (Å²) in [6, 6.07) is 7.42. The largest absolute Gasteiger partial charge is 0.207 e. The molecule has 4 heteroatoms. The summed E-state index contributed by atoms with van der Waals surface area (Å²) in [5.74, 6) is -0.937. The van der Waals surface area contributed by atoms with Crippen LogP contribution in [0.4, 0.5) is 13.3 Å². The third-order valence-electron chi connectivity index (χ3n) is 2.63. The summed E-state index contributed by atoms with van der Waals surface area (Å²) in [6.45, 7) is 0. The van der Waals surface area contributed by atoms with E-state index in [-0.39, 0.29) is 11.0 Å². The van der Waals surface area contributed by atoms with Crippen LogP contribution in [0.1, 0.15) is 0 Å². The van der Waals surface area contributed by atoms with Crippen LogP contribution in [0, 0.1) is 11.6 Å². The van der Waals surface area contributed by atoms with Gasteiger partial charge in [-0.3, -0.25) is 0 Å². The lowest BCUT2D eigenvalue weighted by atomic mass is 10.1. The normalized spacial score (nSPS) is 11.4. The first kappa shape index (κ1) is 9.27. The number of halogens is 3. The average molecular weight is 221 g/mol. The number of nitrogens with zero attached hydrogens (tertiary/aromatic N) is 1. The minimum atomic E-state index is -0.468. The van der Waals surface area contributed by atoms with Crippen molar-refractivity contribution < 1.29 is 13.3 Å². The van der Waals surface area contributed by atoms with Crippen LogP contribution < -0.4 is 0 Å². The lowest BCUT2D eigenvalue weighted by Gasteiger charge is -1.91. The Labute approximate surface area is 88.6 Å². The Balaban J connectivity index is 2.60. The van der Waals surface area contributed by atoms with E-state index in [1.54, 1.807) is 0 Å². The molecule has 1 heterocycles. The Bertz CT molecular complexity index is 641. The minimum absolute atomic E-state index is 0.238. The summed E-state index contributed by atoms with van der Waals surface area (Å²) in [5.41, 5.74) is 0.476. The van der Waals surface area contributed by atoms with Gasteiger partial charge in [-0.1, -0.05) is 4.48 Å². The summed E-state index contributed by atoms with van der Waals surface area (Å²) < 4.78 is 39.9. The Kier molecular flexibility index (Phi) is 1.74. The van der Waals surface area contributed by atoms with Crippen LogP contribution in [0.5, 0.6) is 0 Å². The Morgan fingerprint density at radius 3 is 1.62 bits per heavy atom. The molecule has 0 spiro atoms. The molecule has 0 N–H and O–H groups in total. The van der Waals surface area contributed by atoms with Crippen molar-refractivity contribution in [3.8, 4) is 0 Å². The predicted molar refractivity (Wildman–Crippen MR) is 55.9 cm³/mol. The highest BCUT2D eigenvalue weighted by Crippen LogP contribution is 2.29. The zero-order chi connectivity index (χ0) is 11.3. The fraction of sp³-hybridized carbons (Fsp3) is 0. The van der Waals surface area contributed by atoms with Gasteiger partial charge in [0.2, 0.25) is 0 Å². The molecule has 2 aromatic carbocycles. The molecule has 0 amide bonds. The SMILES string of the molecule is Fc1ccc2c(c1)c1cc(F)ccc1n2F. The Hall–Kier alpha value is -1.97. The molecule has 0 aliphatic carbocycles. The molecule has 3 aromatic rings. The van der Waals surface area contributed by atoms with E-state index in [0.717, 1.165) is 0 Å². The molecule has 3 rings (SSSR count). The van der Waals surface area contributed by atoms with Crippen molar-refractivity contribution in [2.75, 3.05) is 0 Å². The first-order valence-electron chi connectivity index (χ1n) is 4.72. The van der Waals surface area contributed by atoms with Crippen molar-refractivity contribution in [1.29, 1.82) is 0 Å². The zero-order valence-electron chi connectivity index (χ0n) is 8.05. The van der Waals surface area contributed by atoms with E-state index in [2.05, 4.69) is 0 Å². The number of aromatic nitrogens is 1. The van der Waals surface area contributed by atoms with Gasteiger partial charge in [0.1, 0.15) is 11.6 Å². The highest BCUT2D eigenvalue weighted by molar-refractivity contribution is 6.07. The third-order valence-corrected chi connectivity index (χ3v) is 2.63.